The van der Waals surface area contributed by atoms with Crippen molar-refractivity contribution in [2.45, 2.75) is 64.7 Å². The maximum absolute atomic E-state index is 5.20. The number of pyridine rings is 1. The molecule has 1 heterocycles. The molecule has 0 bridgehead atoms. The summed E-state index contributed by atoms with van der Waals surface area (Å²) in [5.41, 5.74) is 3.14. The summed E-state index contributed by atoms with van der Waals surface area (Å²) >= 11 is 0. The van der Waals surface area contributed by atoms with Gasteiger partial charge in [-0.2, -0.15) is 0 Å². The van der Waals surface area contributed by atoms with E-state index < -0.39 is 8.24 Å². The third-order valence-electron chi connectivity index (χ3n) is 4.02. The second-order valence-corrected chi connectivity index (χ2v) is 11.5. The maximum atomic E-state index is 5.20. The molecule has 1 rings (SSSR count). The molecular weight excluding hydrogens is 236 g/mol. The molecule has 0 aliphatic carbocycles. The standard InChI is InChI=1S/C15H27N2Si/c1-12(2)18(13(3)4,14(5)6)17-11-15-9-7-8-10-16-15/h7-10,12-14H,11H2,1-6H3/q-1. The van der Waals surface area contributed by atoms with Crippen molar-refractivity contribution in [1.29, 1.82) is 0 Å². The lowest BCUT2D eigenvalue weighted by molar-refractivity contribution is 0.816. The first-order valence-corrected chi connectivity index (χ1v) is 9.17. The first-order chi connectivity index (χ1) is 8.41. The van der Waals surface area contributed by atoms with Crippen molar-refractivity contribution in [3.05, 3.63) is 35.1 Å². The molecule has 0 aliphatic heterocycles. The Balaban J connectivity index is 2.86. The van der Waals surface area contributed by atoms with Gasteiger partial charge in [0.2, 0.25) is 0 Å². The molecule has 0 spiro atoms. The highest BCUT2D eigenvalue weighted by atomic mass is 28.3. The molecule has 0 saturated heterocycles. The Morgan fingerprint density at radius 1 is 1.00 bits per heavy atom. The predicted molar refractivity (Wildman–Crippen MR) is 82.3 cm³/mol. The van der Waals surface area contributed by atoms with Gasteiger partial charge >= 0.3 is 0 Å². The Kier molecular flexibility index (Phi) is 5.54. The largest absolute Gasteiger partial charge is 0.659 e. The monoisotopic (exact) mass is 263 g/mol. The minimum atomic E-state index is -1.63. The Hall–Kier alpha value is -0.673. The molecule has 2 nitrogen and oxygen atoms in total. The average Bonchev–Trinajstić information content (AvgIpc) is 2.29. The fourth-order valence-corrected chi connectivity index (χ4v) is 8.79. The Labute approximate surface area is 113 Å². The van der Waals surface area contributed by atoms with Gasteiger partial charge in [0.05, 0.1) is 0 Å². The molecule has 0 aliphatic rings. The SMILES string of the molecule is CC(C)[Si]([N-]Cc1ccccn1)(C(C)C)C(C)C. The van der Waals surface area contributed by atoms with E-state index in [1.807, 2.05) is 18.3 Å². The van der Waals surface area contributed by atoms with Crippen molar-refractivity contribution in [3.8, 4) is 0 Å². The first-order valence-electron chi connectivity index (χ1n) is 6.99. The van der Waals surface area contributed by atoms with E-state index in [1.54, 1.807) is 0 Å². The molecule has 0 atom stereocenters. The predicted octanol–water partition coefficient (Wildman–Crippen LogP) is 5.13. The van der Waals surface area contributed by atoms with E-state index in [-0.39, 0.29) is 0 Å². The highest BCUT2D eigenvalue weighted by molar-refractivity contribution is 6.87. The van der Waals surface area contributed by atoms with Crippen LogP contribution in [-0.2, 0) is 6.54 Å². The van der Waals surface area contributed by atoms with Crippen LogP contribution in [0.3, 0.4) is 0 Å². The van der Waals surface area contributed by atoms with Crippen LogP contribution in [0.5, 0.6) is 0 Å². The van der Waals surface area contributed by atoms with Gasteiger partial charge in [-0.05, 0) is 20.4 Å². The molecule has 18 heavy (non-hydrogen) atoms. The van der Waals surface area contributed by atoms with Crippen molar-refractivity contribution >= 4 is 8.24 Å². The topological polar surface area (TPSA) is 27.0 Å². The van der Waals surface area contributed by atoms with Crippen LogP contribution in [0.25, 0.3) is 4.98 Å². The molecule has 0 unspecified atom stereocenters. The van der Waals surface area contributed by atoms with Crippen molar-refractivity contribution in [1.82, 2.24) is 4.98 Å². The van der Waals surface area contributed by atoms with Crippen LogP contribution in [0.1, 0.15) is 47.2 Å². The Morgan fingerprint density at radius 2 is 1.56 bits per heavy atom. The van der Waals surface area contributed by atoms with Gasteiger partial charge in [-0.15, -0.1) is 6.54 Å². The van der Waals surface area contributed by atoms with E-state index >= 15 is 0 Å². The lowest BCUT2D eigenvalue weighted by Crippen LogP contribution is -2.44. The third kappa shape index (κ3) is 3.21. The minimum absolute atomic E-state index is 0.682. The van der Waals surface area contributed by atoms with Crippen molar-refractivity contribution in [2.75, 3.05) is 0 Å². The van der Waals surface area contributed by atoms with E-state index in [0.717, 1.165) is 12.2 Å². The molecule has 1 aromatic heterocycles. The summed E-state index contributed by atoms with van der Waals surface area (Å²) in [7, 11) is -1.63. The zero-order valence-electron chi connectivity index (χ0n) is 12.6. The second kappa shape index (κ2) is 6.48. The van der Waals surface area contributed by atoms with Crippen LogP contribution in [0.2, 0.25) is 16.6 Å². The van der Waals surface area contributed by atoms with Crippen LogP contribution in [0.15, 0.2) is 24.4 Å². The fourth-order valence-electron chi connectivity index (χ4n) is 3.26. The molecule has 1 aromatic rings. The molecule has 0 fully saturated rings. The van der Waals surface area contributed by atoms with Crippen LogP contribution >= 0.6 is 0 Å². The van der Waals surface area contributed by atoms with Crippen LogP contribution in [-0.4, -0.2) is 13.2 Å². The zero-order chi connectivity index (χ0) is 13.8. The number of hydrogen-bond donors (Lipinski definition) is 0. The molecule has 0 N–H and O–H groups in total. The number of aromatic nitrogens is 1. The quantitative estimate of drug-likeness (QED) is 0.654. The highest BCUT2D eigenvalue weighted by Crippen LogP contribution is 2.45. The summed E-state index contributed by atoms with van der Waals surface area (Å²) in [5, 5.41) is 0. The molecule has 0 amide bonds. The molecular formula is C15H27N2Si-. The van der Waals surface area contributed by atoms with Crippen molar-refractivity contribution < 1.29 is 0 Å². The summed E-state index contributed by atoms with van der Waals surface area (Å²) in [4.78, 5) is 9.59. The summed E-state index contributed by atoms with van der Waals surface area (Å²) in [6.45, 7) is 14.8. The van der Waals surface area contributed by atoms with Crippen molar-refractivity contribution in [2.24, 2.45) is 0 Å². The van der Waals surface area contributed by atoms with Gasteiger partial charge in [-0.1, -0.05) is 64.2 Å². The Morgan fingerprint density at radius 3 is 1.94 bits per heavy atom. The van der Waals surface area contributed by atoms with E-state index in [9.17, 15) is 0 Å². The Bertz CT molecular complexity index is 325. The van der Waals surface area contributed by atoms with Crippen molar-refractivity contribution in [3.63, 3.8) is 0 Å². The molecule has 102 valence electrons. The third-order valence-corrected chi connectivity index (χ3v) is 10.3. The molecule has 0 aromatic carbocycles. The van der Waals surface area contributed by atoms with E-state index in [4.69, 9.17) is 4.98 Å². The smallest absolute Gasteiger partial charge is 0.0270 e. The van der Waals surface area contributed by atoms with Crippen LogP contribution < -0.4 is 0 Å². The fraction of sp³-hybridized carbons (Fsp3) is 0.667. The van der Waals surface area contributed by atoms with Crippen LogP contribution in [0.4, 0.5) is 0 Å². The van der Waals surface area contributed by atoms with Gasteiger partial charge in [0, 0.05) is 11.9 Å². The average molecular weight is 263 g/mol. The lowest BCUT2D eigenvalue weighted by Gasteiger charge is -2.55. The summed E-state index contributed by atoms with van der Waals surface area (Å²) in [6, 6.07) is 6.08. The number of rotatable bonds is 6. The lowest BCUT2D eigenvalue weighted by atomic mass is 10.4. The van der Waals surface area contributed by atoms with E-state index in [0.29, 0.717) is 16.6 Å². The summed E-state index contributed by atoms with van der Waals surface area (Å²) in [6.07, 6.45) is 1.86. The van der Waals surface area contributed by atoms with E-state index in [1.165, 1.54) is 0 Å². The maximum Gasteiger partial charge on any atom is 0.0270 e. The highest BCUT2D eigenvalue weighted by Gasteiger charge is 2.32. The van der Waals surface area contributed by atoms with Gasteiger partial charge in [-0.3, -0.25) is 4.98 Å². The van der Waals surface area contributed by atoms with Gasteiger partial charge in [0.25, 0.3) is 0 Å². The molecule has 0 radical (unpaired) electrons. The van der Waals surface area contributed by atoms with E-state index in [2.05, 4.69) is 52.6 Å². The zero-order valence-corrected chi connectivity index (χ0v) is 13.6. The second-order valence-electron chi connectivity index (χ2n) is 5.99. The summed E-state index contributed by atoms with van der Waals surface area (Å²) < 4.78 is 0. The van der Waals surface area contributed by atoms with Gasteiger partial charge in [0.15, 0.2) is 0 Å². The molecule has 0 saturated carbocycles. The summed E-state index contributed by atoms with van der Waals surface area (Å²) in [5.74, 6) is 0. The normalized spacial score (nSPS) is 12.7. The van der Waals surface area contributed by atoms with Gasteiger partial charge < -0.3 is 4.98 Å². The van der Waals surface area contributed by atoms with Gasteiger partial charge in [-0.25, -0.2) is 0 Å². The first kappa shape index (κ1) is 15.4. The minimum Gasteiger partial charge on any atom is -0.659 e. The van der Waals surface area contributed by atoms with Crippen LogP contribution in [0, 0.1) is 0 Å². The van der Waals surface area contributed by atoms with Gasteiger partial charge in [0.1, 0.15) is 0 Å². The number of nitrogens with zero attached hydrogens (tertiary/aromatic N) is 2. The molecule has 3 heteroatoms. The number of hydrogen-bond acceptors (Lipinski definition) is 1.